The van der Waals surface area contributed by atoms with E-state index in [1.807, 2.05) is 13.8 Å². The van der Waals surface area contributed by atoms with Crippen molar-refractivity contribution in [2.45, 2.75) is 58.5 Å². The molecule has 0 N–H and O–H groups in total. The Morgan fingerprint density at radius 3 is 1.74 bits per heavy atom. The van der Waals surface area contributed by atoms with Gasteiger partial charge in [0.25, 0.3) is 0 Å². The second kappa shape index (κ2) is 12.2. The first-order chi connectivity index (χ1) is 8.62. The molecule has 6 heteroatoms. The van der Waals surface area contributed by atoms with Crippen LogP contribution in [0.3, 0.4) is 0 Å². The standard InChI is InChI=1S/C7H14OS2.C6H12OS2/c1-5-8-6(9)10-7(2,3)4;1-4-7-6(8)9-5(2)3/h5H2,1-4H3;5H,4H2,1-3H3. The highest BCUT2D eigenvalue weighted by Gasteiger charge is 2.14. The van der Waals surface area contributed by atoms with Crippen molar-refractivity contribution in [2.24, 2.45) is 0 Å². The minimum absolute atomic E-state index is 0.173. The van der Waals surface area contributed by atoms with E-state index in [-0.39, 0.29) is 4.75 Å². The fourth-order valence-electron chi connectivity index (χ4n) is 0.742. The molecule has 0 atom stereocenters. The molecule has 0 bridgehead atoms. The molecule has 0 aliphatic heterocycles. The zero-order valence-electron chi connectivity index (χ0n) is 12.9. The van der Waals surface area contributed by atoms with E-state index in [9.17, 15) is 0 Å². The summed E-state index contributed by atoms with van der Waals surface area (Å²) in [5.74, 6) is 0. The van der Waals surface area contributed by atoms with Crippen LogP contribution in [0.2, 0.25) is 0 Å². The summed E-state index contributed by atoms with van der Waals surface area (Å²) in [5, 5.41) is 0.532. The van der Waals surface area contributed by atoms with Gasteiger partial charge < -0.3 is 9.47 Å². The molecule has 0 aromatic carbocycles. The normalized spacial score (nSPS) is 10.5. The fraction of sp³-hybridized carbons (Fsp3) is 0.846. The van der Waals surface area contributed by atoms with Crippen molar-refractivity contribution in [1.82, 2.24) is 0 Å². The van der Waals surface area contributed by atoms with Gasteiger partial charge in [0, 0.05) is 10.00 Å². The van der Waals surface area contributed by atoms with Crippen molar-refractivity contribution in [3.63, 3.8) is 0 Å². The average molecular weight is 343 g/mol. The number of hydrogen-bond acceptors (Lipinski definition) is 6. The van der Waals surface area contributed by atoms with Crippen molar-refractivity contribution >= 4 is 56.7 Å². The van der Waals surface area contributed by atoms with Crippen LogP contribution in [0.1, 0.15) is 48.5 Å². The van der Waals surface area contributed by atoms with Gasteiger partial charge in [0.05, 0.1) is 13.2 Å². The third-order valence-corrected chi connectivity index (χ3v) is 3.70. The van der Waals surface area contributed by atoms with Gasteiger partial charge in [0.15, 0.2) is 0 Å². The molecule has 19 heavy (non-hydrogen) atoms. The summed E-state index contributed by atoms with van der Waals surface area (Å²) in [6.45, 7) is 15.8. The van der Waals surface area contributed by atoms with Crippen LogP contribution < -0.4 is 0 Å². The molecular formula is C13H26O2S4. The van der Waals surface area contributed by atoms with Gasteiger partial charge in [-0.1, -0.05) is 58.1 Å². The number of hydrogen-bond donors (Lipinski definition) is 0. The maximum Gasteiger partial charge on any atom is 0.220 e. The minimum Gasteiger partial charge on any atom is -0.479 e. The van der Waals surface area contributed by atoms with E-state index in [0.717, 1.165) is 0 Å². The Morgan fingerprint density at radius 2 is 1.42 bits per heavy atom. The quantitative estimate of drug-likeness (QED) is 0.644. The molecule has 0 aliphatic rings. The molecule has 0 fully saturated rings. The SMILES string of the molecule is CCOC(=S)SC(C)(C)C.CCOC(=S)SC(C)C. The Hall–Kier alpha value is 0.480. The molecule has 0 aromatic rings. The zero-order chi connectivity index (χ0) is 15.5. The Kier molecular flexibility index (Phi) is 14.0. The lowest BCUT2D eigenvalue weighted by Crippen LogP contribution is -2.12. The van der Waals surface area contributed by atoms with E-state index in [2.05, 4.69) is 34.6 Å². The lowest BCUT2D eigenvalue weighted by atomic mass is 10.3. The van der Waals surface area contributed by atoms with Gasteiger partial charge in [-0.05, 0) is 38.3 Å². The molecular weight excluding hydrogens is 316 g/mol. The zero-order valence-corrected chi connectivity index (χ0v) is 16.2. The smallest absolute Gasteiger partial charge is 0.220 e. The van der Waals surface area contributed by atoms with Crippen LogP contribution in [0.15, 0.2) is 0 Å². The minimum atomic E-state index is 0.173. The van der Waals surface area contributed by atoms with Crippen molar-refractivity contribution < 1.29 is 9.47 Å². The third kappa shape index (κ3) is 20.9. The van der Waals surface area contributed by atoms with Crippen molar-refractivity contribution in [3.8, 4) is 0 Å². The molecule has 0 rings (SSSR count). The first-order valence-corrected chi connectivity index (χ1v) is 8.82. The molecule has 0 aliphatic carbocycles. The van der Waals surface area contributed by atoms with Crippen LogP contribution in [0.25, 0.3) is 0 Å². The maximum atomic E-state index is 5.11. The Balaban J connectivity index is 0. The lowest BCUT2D eigenvalue weighted by molar-refractivity contribution is 0.346. The monoisotopic (exact) mass is 342 g/mol. The molecule has 114 valence electrons. The van der Waals surface area contributed by atoms with Crippen LogP contribution in [0.4, 0.5) is 0 Å². The molecule has 0 amide bonds. The molecule has 2 nitrogen and oxygen atoms in total. The van der Waals surface area contributed by atoms with Crippen LogP contribution in [0.5, 0.6) is 0 Å². The summed E-state index contributed by atoms with van der Waals surface area (Å²) in [6, 6.07) is 0. The van der Waals surface area contributed by atoms with Gasteiger partial charge in [0.1, 0.15) is 0 Å². The van der Waals surface area contributed by atoms with Gasteiger partial charge in [0.2, 0.25) is 8.77 Å². The van der Waals surface area contributed by atoms with E-state index in [4.69, 9.17) is 33.9 Å². The van der Waals surface area contributed by atoms with E-state index < -0.39 is 0 Å². The topological polar surface area (TPSA) is 18.5 Å². The number of rotatable bonds is 3. The summed E-state index contributed by atoms with van der Waals surface area (Å²) in [5.41, 5.74) is 0. The summed E-state index contributed by atoms with van der Waals surface area (Å²) in [7, 11) is 0. The van der Waals surface area contributed by atoms with Gasteiger partial charge in [-0.25, -0.2) is 0 Å². The molecule has 0 radical (unpaired) electrons. The molecule has 0 spiro atoms. The van der Waals surface area contributed by atoms with Crippen molar-refractivity contribution in [3.05, 3.63) is 0 Å². The summed E-state index contributed by atoms with van der Waals surface area (Å²) in [6.07, 6.45) is 0. The van der Waals surface area contributed by atoms with E-state index in [1.165, 1.54) is 0 Å². The van der Waals surface area contributed by atoms with Crippen LogP contribution in [-0.4, -0.2) is 32.0 Å². The van der Waals surface area contributed by atoms with Crippen LogP contribution in [0, 0.1) is 0 Å². The molecule has 0 unspecified atom stereocenters. The van der Waals surface area contributed by atoms with Gasteiger partial charge in [-0.15, -0.1) is 0 Å². The predicted octanol–water partition coefficient (Wildman–Crippen LogP) is 5.29. The largest absolute Gasteiger partial charge is 0.479 e. The predicted molar refractivity (Wildman–Crippen MR) is 98.5 cm³/mol. The molecule has 0 aromatic heterocycles. The highest BCUT2D eigenvalue weighted by Crippen LogP contribution is 2.25. The molecule has 0 saturated heterocycles. The second-order valence-corrected chi connectivity index (χ2v) is 9.35. The van der Waals surface area contributed by atoms with Crippen molar-refractivity contribution in [2.75, 3.05) is 13.2 Å². The number of thioether (sulfide) groups is 2. The maximum absolute atomic E-state index is 5.11. The molecule has 0 heterocycles. The highest BCUT2D eigenvalue weighted by atomic mass is 32.2. The van der Waals surface area contributed by atoms with Crippen LogP contribution >= 0.6 is 48.0 Å². The van der Waals surface area contributed by atoms with Gasteiger partial charge >= 0.3 is 0 Å². The van der Waals surface area contributed by atoms with E-state index >= 15 is 0 Å². The third-order valence-electron chi connectivity index (χ3n) is 1.25. The van der Waals surface area contributed by atoms with E-state index in [1.54, 1.807) is 23.5 Å². The Bertz CT molecular complexity index is 260. The summed E-state index contributed by atoms with van der Waals surface area (Å²) >= 11 is 13.0. The number of thiocarbonyl (C=S) groups is 2. The Labute approximate surface area is 137 Å². The van der Waals surface area contributed by atoms with Gasteiger partial charge in [-0.2, -0.15) is 0 Å². The second-order valence-electron chi connectivity index (χ2n) is 4.75. The van der Waals surface area contributed by atoms with Crippen molar-refractivity contribution in [1.29, 1.82) is 0 Å². The van der Waals surface area contributed by atoms with Gasteiger partial charge in [-0.3, -0.25) is 0 Å². The number of ether oxygens (including phenoxy) is 2. The first-order valence-electron chi connectivity index (χ1n) is 6.31. The Morgan fingerprint density at radius 1 is 1.00 bits per heavy atom. The first kappa shape index (κ1) is 21.8. The van der Waals surface area contributed by atoms with Crippen LogP contribution in [-0.2, 0) is 9.47 Å². The molecule has 0 saturated carbocycles. The fourth-order valence-corrected chi connectivity index (χ4v) is 3.55. The average Bonchev–Trinajstić information content (AvgIpc) is 2.14. The summed E-state index contributed by atoms with van der Waals surface area (Å²) in [4.78, 5) is 0. The summed E-state index contributed by atoms with van der Waals surface area (Å²) < 4.78 is 11.6. The highest BCUT2D eigenvalue weighted by molar-refractivity contribution is 8.23. The van der Waals surface area contributed by atoms with E-state index in [0.29, 0.717) is 27.2 Å². The lowest BCUT2D eigenvalue weighted by Gasteiger charge is -2.17.